The van der Waals surface area contributed by atoms with Crippen LogP contribution in [0.25, 0.3) is 11.1 Å². The van der Waals surface area contributed by atoms with Gasteiger partial charge in [0.15, 0.2) is 11.8 Å². The SMILES string of the molecule is CC(c1ccc(-c2ccccc2)c(F)c1)c1cc(N=C(N)N2CCC(O)CC2)no1. The third kappa shape index (κ3) is 4.36. The van der Waals surface area contributed by atoms with Crippen molar-refractivity contribution in [3.05, 3.63) is 71.7 Å². The fourth-order valence-electron chi connectivity index (χ4n) is 3.64. The molecule has 156 valence electrons. The number of benzene rings is 2. The Balaban J connectivity index is 1.49. The lowest BCUT2D eigenvalue weighted by Gasteiger charge is -2.30. The van der Waals surface area contributed by atoms with Crippen LogP contribution in [-0.2, 0) is 0 Å². The van der Waals surface area contributed by atoms with E-state index >= 15 is 0 Å². The number of nitrogens with zero attached hydrogens (tertiary/aromatic N) is 3. The maximum Gasteiger partial charge on any atom is 0.198 e. The van der Waals surface area contributed by atoms with Gasteiger partial charge in [-0.05, 0) is 30.0 Å². The van der Waals surface area contributed by atoms with Crippen LogP contribution in [0.5, 0.6) is 0 Å². The molecular weight excluding hydrogens is 383 g/mol. The number of piperidine rings is 1. The molecule has 0 radical (unpaired) electrons. The van der Waals surface area contributed by atoms with Gasteiger partial charge in [0.25, 0.3) is 0 Å². The number of aliphatic hydroxyl groups excluding tert-OH is 1. The summed E-state index contributed by atoms with van der Waals surface area (Å²) >= 11 is 0. The number of hydrogen-bond donors (Lipinski definition) is 2. The van der Waals surface area contributed by atoms with E-state index in [9.17, 15) is 9.50 Å². The molecule has 4 rings (SSSR count). The number of halogens is 1. The third-order valence-electron chi connectivity index (χ3n) is 5.54. The number of aliphatic imine (C=N–C) groups is 1. The van der Waals surface area contributed by atoms with Gasteiger partial charge in [0.2, 0.25) is 0 Å². The smallest absolute Gasteiger partial charge is 0.198 e. The summed E-state index contributed by atoms with van der Waals surface area (Å²) in [7, 11) is 0. The molecule has 1 unspecified atom stereocenters. The molecule has 0 saturated carbocycles. The van der Waals surface area contributed by atoms with E-state index in [1.165, 1.54) is 6.07 Å². The second-order valence-electron chi connectivity index (χ2n) is 7.60. The summed E-state index contributed by atoms with van der Waals surface area (Å²) in [6, 6.07) is 16.4. The number of hydrogen-bond acceptors (Lipinski definition) is 4. The first-order chi connectivity index (χ1) is 14.5. The van der Waals surface area contributed by atoms with Crippen LogP contribution >= 0.6 is 0 Å². The molecule has 1 aliphatic rings. The summed E-state index contributed by atoms with van der Waals surface area (Å²) in [5.74, 6) is 0.851. The van der Waals surface area contributed by atoms with Crippen molar-refractivity contribution in [2.45, 2.75) is 31.8 Å². The van der Waals surface area contributed by atoms with Gasteiger partial charge in [0.05, 0.1) is 6.10 Å². The van der Waals surface area contributed by atoms with Crippen molar-refractivity contribution in [2.24, 2.45) is 10.7 Å². The lowest BCUT2D eigenvalue weighted by Crippen LogP contribution is -2.43. The van der Waals surface area contributed by atoms with Crippen molar-refractivity contribution in [1.29, 1.82) is 0 Å². The molecule has 0 amide bonds. The van der Waals surface area contributed by atoms with Gasteiger partial charge in [-0.3, -0.25) is 0 Å². The molecule has 0 spiro atoms. The lowest BCUT2D eigenvalue weighted by molar-refractivity contribution is 0.109. The molecule has 1 saturated heterocycles. The van der Waals surface area contributed by atoms with Gasteiger partial charge < -0.3 is 20.3 Å². The van der Waals surface area contributed by atoms with E-state index in [0.29, 0.717) is 49.0 Å². The van der Waals surface area contributed by atoms with Crippen LogP contribution in [0.4, 0.5) is 10.2 Å². The van der Waals surface area contributed by atoms with Crippen molar-refractivity contribution in [3.63, 3.8) is 0 Å². The summed E-state index contributed by atoms with van der Waals surface area (Å²) in [5, 5.41) is 13.6. The summed E-state index contributed by atoms with van der Waals surface area (Å²) in [5.41, 5.74) is 8.27. The van der Waals surface area contributed by atoms with Crippen LogP contribution in [0.1, 0.15) is 37.0 Å². The van der Waals surface area contributed by atoms with Gasteiger partial charge in [-0.2, -0.15) is 4.99 Å². The lowest BCUT2D eigenvalue weighted by atomic mass is 9.95. The molecule has 1 fully saturated rings. The van der Waals surface area contributed by atoms with Crippen LogP contribution in [0.3, 0.4) is 0 Å². The first-order valence-electron chi connectivity index (χ1n) is 10.1. The number of likely N-dealkylation sites (tertiary alicyclic amines) is 1. The normalized spacial score (nSPS) is 16.6. The number of nitrogens with two attached hydrogens (primary N) is 1. The van der Waals surface area contributed by atoms with E-state index in [4.69, 9.17) is 10.3 Å². The maximum atomic E-state index is 14.7. The Kier molecular flexibility index (Phi) is 5.81. The summed E-state index contributed by atoms with van der Waals surface area (Å²) < 4.78 is 20.2. The van der Waals surface area contributed by atoms with Gasteiger partial charge >= 0.3 is 0 Å². The molecule has 6 nitrogen and oxygen atoms in total. The molecule has 7 heteroatoms. The van der Waals surface area contributed by atoms with E-state index in [1.54, 1.807) is 12.1 Å². The zero-order valence-corrected chi connectivity index (χ0v) is 16.8. The molecule has 2 heterocycles. The van der Waals surface area contributed by atoms with Gasteiger partial charge in [-0.15, -0.1) is 0 Å². The van der Waals surface area contributed by atoms with Crippen molar-refractivity contribution in [1.82, 2.24) is 10.1 Å². The van der Waals surface area contributed by atoms with E-state index in [0.717, 1.165) is 11.1 Å². The number of aromatic nitrogens is 1. The monoisotopic (exact) mass is 408 g/mol. The number of aliphatic hydroxyl groups is 1. The highest BCUT2D eigenvalue weighted by atomic mass is 19.1. The number of guanidine groups is 1. The molecule has 3 aromatic rings. The van der Waals surface area contributed by atoms with Crippen LogP contribution in [0.15, 0.2) is 64.1 Å². The Hall–Kier alpha value is -3.19. The third-order valence-corrected chi connectivity index (χ3v) is 5.54. The molecule has 2 aromatic carbocycles. The summed E-state index contributed by atoms with van der Waals surface area (Å²) in [6.07, 6.45) is 1.06. The average Bonchev–Trinajstić information content (AvgIpc) is 3.22. The topological polar surface area (TPSA) is 87.9 Å². The van der Waals surface area contributed by atoms with Crippen LogP contribution in [0.2, 0.25) is 0 Å². The molecule has 0 bridgehead atoms. The predicted octanol–water partition coefficient (Wildman–Crippen LogP) is 4.04. The van der Waals surface area contributed by atoms with Gasteiger partial charge in [-0.1, -0.05) is 54.5 Å². The summed E-state index contributed by atoms with van der Waals surface area (Å²) in [6.45, 7) is 3.25. The van der Waals surface area contributed by atoms with Crippen LogP contribution < -0.4 is 5.73 Å². The minimum atomic E-state index is -0.278. The minimum Gasteiger partial charge on any atom is -0.393 e. The molecular formula is C23H25FN4O2. The highest BCUT2D eigenvalue weighted by Crippen LogP contribution is 2.31. The molecule has 0 aliphatic carbocycles. The van der Waals surface area contributed by atoms with Crippen molar-refractivity contribution >= 4 is 11.8 Å². The molecule has 30 heavy (non-hydrogen) atoms. The van der Waals surface area contributed by atoms with Crippen molar-refractivity contribution in [3.8, 4) is 11.1 Å². The van der Waals surface area contributed by atoms with E-state index < -0.39 is 0 Å². The molecule has 1 atom stereocenters. The van der Waals surface area contributed by atoms with Crippen molar-refractivity contribution < 1.29 is 14.0 Å². The Morgan fingerprint density at radius 2 is 1.93 bits per heavy atom. The maximum absolute atomic E-state index is 14.7. The van der Waals surface area contributed by atoms with E-state index in [-0.39, 0.29) is 17.8 Å². The Morgan fingerprint density at radius 1 is 1.20 bits per heavy atom. The second-order valence-corrected chi connectivity index (χ2v) is 7.60. The van der Waals surface area contributed by atoms with E-state index in [2.05, 4.69) is 10.1 Å². The molecule has 1 aromatic heterocycles. The summed E-state index contributed by atoms with van der Waals surface area (Å²) in [4.78, 5) is 6.25. The Bertz CT molecular complexity index is 1030. The quantitative estimate of drug-likeness (QED) is 0.503. The number of rotatable bonds is 4. The average molecular weight is 408 g/mol. The van der Waals surface area contributed by atoms with Gasteiger partial charge in [0, 0.05) is 30.6 Å². The van der Waals surface area contributed by atoms with Gasteiger partial charge in [-0.25, -0.2) is 4.39 Å². The predicted molar refractivity (Wildman–Crippen MR) is 114 cm³/mol. The zero-order chi connectivity index (χ0) is 21.1. The first kappa shape index (κ1) is 20.1. The largest absolute Gasteiger partial charge is 0.393 e. The molecule has 1 aliphatic heterocycles. The Labute approximate surface area is 174 Å². The highest BCUT2D eigenvalue weighted by Gasteiger charge is 2.20. The zero-order valence-electron chi connectivity index (χ0n) is 16.8. The fourth-order valence-corrected chi connectivity index (χ4v) is 3.64. The second kappa shape index (κ2) is 8.67. The van der Waals surface area contributed by atoms with Gasteiger partial charge in [0.1, 0.15) is 11.6 Å². The van der Waals surface area contributed by atoms with E-state index in [1.807, 2.05) is 48.2 Å². The standard InChI is InChI=1S/C23H25FN4O2/c1-15(17-7-8-19(20(24)13-17)16-5-3-2-4-6-16)21-14-22(27-30-21)26-23(25)28-11-9-18(29)10-12-28/h2-8,13-15,18,29H,9-12H2,1H3,(H2,25,26,27). The Morgan fingerprint density at radius 3 is 2.63 bits per heavy atom. The van der Waals surface area contributed by atoms with Crippen molar-refractivity contribution in [2.75, 3.05) is 13.1 Å². The fraction of sp³-hybridized carbons (Fsp3) is 0.304. The molecule has 3 N–H and O–H groups in total. The minimum absolute atomic E-state index is 0.188. The van der Waals surface area contributed by atoms with Crippen LogP contribution in [-0.4, -0.2) is 40.3 Å². The van der Waals surface area contributed by atoms with Crippen LogP contribution in [0, 0.1) is 5.82 Å². The first-order valence-corrected chi connectivity index (χ1v) is 10.1. The highest BCUT2D eigenvalue weighted by molar-refractivity contribution is 5.80.